The Bertz CT molecular complexity index is 469. The largest absolute Gasteiger partial charge is 0.497 e. The van der Waals surface area contributed by atoms with Crippen LogP contribution >= 0.6 is 0 Å². The molecule has 4 nitrogen and oxygen atoms in total. The van der Waals surface area contributed by atoms with Crippen LogP contribution in [0.15, 0.2) is 18.2 Å². The van der Waals surface area contributed by atoms with Crippen LogP contribution in [0.25, 0.3) is 0 Å². The second-order valence-corrected chi connectivity index (χ2v) is 6.22. The number of rotatable bonds is 3. The highest BCUT2D eigenvalue weighted by molar-refractivity contribution is 5.56. The summed E-state index contributed by atoms with van der Waals surface area (Å²) in [6.07, 6.45) is 4.05. The van der Waals surface area contributed by atoms with E-state index in [1.807, 2.05) is 6.07 Å². The second kappa shape index (κ2) is 6.14. The number of nitrogens with zero attached hydrogens (tertiary/aromatic N) is 2. The van der Waals surface area contributed by atoms with Crippen LogP contribution in [0.1, 0.15) is 26.2 Å². The zero-order valence-electron chi connectivity index (χ0n) is 13.3. The molecule has 0 N–H and O–H groups in total. The van der Waals surface area contributed by atoms with Gasteiger partial charge in [0.05, 0.1) is 14.2 Å². The molecule has 0 radical (unpaired) electrons. The van der Waals surface area contributed by atoms with Gasteiger partial charge in [0, 0.05) is 49.1 Å². The highest BCUT2D eigenvalue weighted by Gasteiger charge is 2.33. The Morgan fingerprint density at radius 1 is 1.00 bits per heavy atom. The van der Waals surface area contributed by atoms with Crippen molar-refractivity contribution in [2.45, 2.75) is 38.3 Å². The fraction of sp³-hybridized carbons (Fsp3) is 0.647. The van der Waals surface area contributed by atoms with E-state index >= 15 is 0 Å². The fourth-order valence-electron chi connectivity index (χ4n) is 3.67. The zero-order valence-corrected chi connectivity index (χ0v) is 13.3. The van der Waals surface area contributed by atoms with Crippen molar-refractivity contribution in [3.63, 3.8) is 0 Å². The lowest BCUT2D eigenvalue weighted by Crippen LogP contribution is -2.58. The smallest absolute Gasteiger partial charge is 0.124 e. The van der Waals surface area contributed by atoms with Crippen LogP contribution in [-0.2, 0) is 0 Å². The van der Waals surface area contributed by atoms with E-state index < -0.39 is 0 Å². The number of anilines is 1. The van der Waals surface area contributed by atoms with Gasteiger partial charge in [0.15, 0.2) is 0 Å². The second-order valence-electron chi connectivity index (χ2n) is 6.22. The molecular formula is C17H26N2O2. The Hall–Kier alpha value is -1.42. The van der Waals surface area contributed by atoms with Gasteiger partial charge in [-0.05, 0) is 26.3 Å². The molecule has 21 heavy (non-hydrogen) atoms. The van der Waals surface area contributed by atoms with E-state index in [2.05, 4.69) is 28.9 Å². The summed E-state index contributed by atoms with van der Waals surface area (Å²) >= 11 is 0. The molecule has 1 aromatic carbocycles. The average Bonchev–Trinajstić information content (AvgIpc) is 2.53. The summed E-state index contributed by atoms with van der Waals surface area (Å²) in [4.78, 5) is 5.18. The predicted octanol–water partition coefficient (Wildman–Crippen LogP) is 2.77. The summed E-state index contributed by atoms with van der Waals surface area (Å²) in [7, 11) is 3.42. The van der Waals surface area contributed by atoms with Crippen molar-refractivity contribution in [3.8, 4) is 11.5 Å². The maximum absolute atomic E-state index is 5.41. The molecule has 2 saturated heterocycles. The Kier molecular flexibility index (Phi) is 4.24. The normalized spacial score (nSPS) is 26.3. The van der Waals surface area contributed by atoms with Gasteiger partial charge in [-0.1, -0.05) is 6.42 Å². The molecule has 0 bridgehead atoms. The maximum atomic E-state index is 5.41. The Labute approximate surface area is 127 Å². The summed E-state index contributed by atoms with van der Waals surface area (Å²) in [6.45, 7) is 5.85. The van der Waals surface area contributed by atoms with Crippen molar-refractivity contribution < 1.29 is 9.47 Å². The summed E-state index contributed by atoms with van der Waals surface area (Å²) in [5, 5.41) is 0. The van der Waals surface area contributed by atoms with Gasteiger partial charge in [-0.3, -0.25) is 4.90 Å². The lowest BCUT2D eigenvalue weighted by Gasteiger charge is -2.48. The summed E-state index contributed by atoms with van der Waals surface area (Å²) in [5.74, 6) is 1.73. The number of hydrogen-bond acceptors (Lipinski definition) is 4. The van der Waals surface area contributed by atoms with Crippen molar-refractivity contribution in [2.24, 2.45) is 0 Å². The van der Waals surface area contributed by atoms with E-state index in [1.54, 1.807) is 14.2 Å². The first-order chi connectivity index (χ1) is 10.2. The lowest BCUT2D eigenvalue weighted by molar-refractivity contribution is 0.115. The highest BCUT2D eigenvalue weighted by Crippen LogP contribution is 2.33. The predicted molar refractivity (Wildman–Crippen MR) is 85.6 cm³/mol. The van der Waals surface area contributed by atoms with Crippen molar-refractivity contribution in [2.75, 3.05) is 38.8 Å². The molecule has 116 valence electrons. The first-order valence-corrected chi connectivity index (χ1v) is 7.95. The molecule has 2 aliphatic rings. The Morgan fingerprint density at radius 3 is 2.38 bits per heavy atom. The number of piperidine rings is 1. The van der Waals surface area contributed by atoms with E-state index in [4.69, 9.17) is 9.47 Å². The molecular weight excluding hydrogens is 264 g/mol. The molecule has 3 rings (SSSR count). The minimum absolute atomic E-state index is 0.524. The van der Waals surface area contributed by atoms with Gasteiger partial charge in [-0.2, -0.15) is 0 Å². The first kappa shape index (κ1) is 14.5. The van der Waals surface area contributed by atoms with Crippen LogP contribution in [0, 0.1) is 0 Å². The Morgan fingerprint density at radius 2 is 1.71 bits per heavy atom. The van der Waals surface area contributed by atoms with Crippen LogP contribution in [0.2, 0.25) is 0 Å². The van der Waals surface area contributed by atoms with Gasteiger partial charge in [0.25, 0.3) is 0 Å². The van der Waals surface area contributed by atoms with Crippen molar-refractivity contribution in [1.82, 2.24) is 4.90 Å². The third kappa shape index (κ3) is 2.95. The number of ether oxygens (including phenoxy) is 2. The fourth-order valence-corrected chi connectivity index (χ4v) is 3.67. The summed E-state index contributed by atoms with van der Waals surface area (Å²) in [5.41, 5.74) is 1.21. The average molecular weight is 290 g/mol. The van der Waals surface area contributed by atoms with E-state index in [0.29, 0.717) is 12.1 Å². The van der Waals surface area contributed by atoms with E-state index in [0.717, 1.165) is 24.6 Å². The monoisotopic (exact) mass is 290 g/mol. The van der Waals surface area contributed by atoms with E-state index in [9.17, 15) is 0 Å². The van der Waals surface area contributed by atoms with Crippen LogP contribution in [0.5, 0.6) is 11.5 Å². The van der Waals surface area contributed by atoms with Crippen LogP contribution in [-0.4, -0.2) is 50.8 Å². The lowest BCUT2D eigenvalue weighted by atomic mass is 9.96. The van der Waals surface area contributed by atoms with Crippen LogP contribution in [0.3, 0.4) is 0 Å². The highest BCUT2D eigenvalue weighted by atomic mass is 16.5. The van der Waals surface area contributed by atoms with Gasteiger partial charge in [0.2, 0.25) is 0 Å². The molecule has 2 fully saturated rings. The van der Waals surface area contributed by atoms with Crippen molar-refractivity contribution >= 4 is 5.69 Å². The Balaban J connectivity index is 1.85. The molecule has 4 heteroatoms. The van der Waals surface area contributed by atoms with Crippen LogP contribution < -0.4 is 14.4 Å². The molecule has 2 heterocycles. The number of piperazine rings is 1. The molecule has 2 unspecified atom stereocenters. The number of benzene rings is 1. The molecule has 0 aromatic heterocycles. The first-order valence-electron chi connectivity index (χ1n) is 7.95. The molecule has 1 aromatic rings. The minimum Gasteiger partial charge on any atom is -0.497 e. The quantitative estimate of drug-likeness (QED) is 0.854. The number of hydrogen-bond donors (Lipinski definition) is 0. The van der Waals surface area contributed by atoms with Crippen molar-refractivity contribution in [1.29, 1.82) is 0 Å². The number of fused-ring (bicyclic) bond motifs is 1. The SMILES string of the molecule is COc1cc(OC)cc(N2CC3CCCCN3CC2C)c1. The molecule has 0 spiro atoms. The third-order valence-electron chi connectivity index (χ3n) is 4.86. The van der Waals surface area contributed by atoms with E-state index in [-0.39, 0.29) is 0 Å². The van der Waals surface area contributed by atoms with Crippen LogP contribution in [0.4, 0.5) is 5.69 Å². The van der Waals surface area contributed by atoms with E-state index in [1.165, 1.54) is 31.5 Å². The third-order valence-corrected chi connectivity index (χ3v) is 4.86. The van der Waals surface area contributed by atoms with Gasteiger partial charge < -0.3 is 14.4 Å². The van der Waals surface area contributed by atoms with Gasteiger partial charge in [-0.15, -0.1) is 0 Å². The minimum atomic E-state index is 0.524. The maximum Gasteiger partial charge on any atom is 0.124 e. The molecule has 0 saturated carbocycles. The molecule has 0 amide bonds. The molecule has 2 aliphatic heterocycles. The van der Waals surface area contributed by atoms with Gasteiger partial charge >= 0.3 is 0 Å². The molecule has 2 atom stereocenters. The number of methoxy groups -OCH3 is 2. The van der Waals surface area contributed by atoms with Gasteiger partial charge in [0.1, 0.15) is 11.5 Å². The van der Waals surface area contributed by atoms with Gasteiger partial charge in [-0.25, -0.2) is 0 Å². The standard InChI is InChI=1S/C17H26N2O2/c1-13-11-18-7-5-4-6-14(18)12-19(13)15-8-16(20-2)10-17(9-15)21-3/h8-10,13-14H,4-7,11-12H2,1-3H3. The topological polar surface area (TPSA) is 24.9 Å². The summed E-state index contributed by atoms with van der Waals surface area (Å²) in [6, 6.07) is 7.41. The van der Waals surface area contributed by atoms with Crippen molar-refractivity contribution in [3.05, 3.63) is 18.2 Å². The molecule has 0 aliphatic carbocycles. The zero-order chi connectivity index (χ0) is 14.8. The summed E-state index contributed by atoms with van der Waals surface area (Å²) < 4.78 is 10.8.